The lowest BCUT2D eigenvalue weighted by molar-refractivity contribution is 0.0592. The average molecular weight is 348 g/mol. The van der Waals surface area contributed by atoms with Gasteiger partial charge in [0.05, 0.1) is 25.3 Å². The summed E-state index contributed by atoms with van der Waals surface area (Å²) in [4.78, 5) is 34.8. The van der Waals surface area contributed by atoms with Crippen LogP contribution in [0.5, 0.6) is 0 Å². The molecule has 0 aliphatic rings. The minimum absolute atomic E-state index is 0.270. The standard InChI is InChI=1S/C16H16N2O5S/c1-22-14(19)11-5-3-10(4-6-11)9-17-16(21)18-13-12(7-8-24-13)15(20)23-2/h3-8H,9H2,1-2H3,(H2,17,18,21). The van der Waals surface area contributed by atoms with Crippen LogP contribution in [0.1, 0.15) is 26.3 Å². The molecule has 1 heterocycles. The molecule has 2 rings (SSSR count). The largest absolute Gasteiger partial charge is 0.465 e. The molecule has 7 nitrogen and oxygen atoms in total. The maximum atomic E-state index is 11.9. The number of esters is 2. The number of ether oxygens (including phenoxy) is 2. The Morgan fingerprint density at radius 3 is 2.29 bits per heavy atom. The van der Waals surface area contributed by atoms with Crippen molar-refractivity contribution in [2.45, 2.75) is 6.54 Å². The third-order valence-corrected chi connectivity index (χ3v) is 3.96. The lowest BCUT2D eigenvalue weighted by Crippen LogP contribution is -2.28. The fourth-order valence-corrected chi connectivity index (χ4v) is 2.65. The molecule has 0 spiro atoms. The van der Waals surface area contributed by atoms with Gasteiger partial charge in [-0.3, -0.25) is 5.32 Å². The monoisotopic (exact) mass is 348 g/mol. The molecule has 8 heteroatoms. The first kappa shape index (κ1) is 17.5. The quantitative estimate of drug-likeness (QED) is 0.810. The van der Waals surface area contributed by atoms with Crippen LogP contribution in [0.3, 0.4) is 0 Å². The van der Waals surface area contributed by atoms with Gasteiger partial charge in [0.15, 0.2) is 0 Å². The third kappa shape index (κ3) is 4.32. The number of hydrogen-bond acceptors (Lipinski definition) is 6. The molecule has 0 bridgehead atoms. The molecule has 24 heavy (non-hydrogen) atoms. The topological polar surface area (TPSA) is 93.7 Å². The smallest absolute Gasteiger partial charge is 0.340 e. The van der Waals surface area contributed by atoms with E-state index in [9.17, 15) is 14.4 Å². The molecule has 2 N–H and O–H groups in total. The number of methoxy groups -OCH3 is 2. The van der Waals surface area contributed by atoms with E-state index in [1.165, 1.54) is 25.6 Å². The molecular formula is C16H16N2O5S. The second-order valence-corrected chi connectivity index (χ2v) is 5.57. The summed E-state index contributed by atoms with van der Waals surface area (Å²) in [5.74, 6) is -0.926. The van der Waals surface area contributed by atoms with Gasteiger partial charge in [-0.2, -0.15) is 0 Å². The van der Waals surface area contributed by atoms with Gasteiger partial charge in [-0.15, -0.1) is 11.3 Å². The van der Waals surface area contributed by atoms with Crippen molar-refractivity contribution in [3.8, 4) is 0 Å². The van der Waals surface area contributed by atoms with Crippen LogP contribution in [0.4, 0.5) is 9.80 Å². The van der Waals surface area contributed by atoms with E-state index in [2.05, 4.69) is 20.1 Å². The summed E-state index contributed by atoms with van der Waals surface area (Å²) in [6, 6.07) is 7.82. The first-order valence-corrected chi connectivity index (χ1v) is 7.81. The molecule has 2 aromatic rings. The van der Waals surface area contributed by atoms with Crippen molar-refractivity contribution in [1.82, 2.24) is 5.32 Å². The van der Waals surface area contributed by atoms with Crippen molar-refractivity contribution >= 4 is 34.3 Å². The van der Waals surface area contributed by atoms with Gasteiger partial charge in [0, 0.05) is 6.54 Å². The van der Waals surface area contributed by atoms with E-state index in [4.69, 9.17) is 0 Å². The molecule has 1 aromatic carbocycles. The van der Waals surface area contributed by atoms with E-state index in [0.717, 1.165) is 5.56 Å². The van der Waals surface area contributed by atoms with Crippen LogP contribution >= 0.6 is 11.3 Å². The molecule has 0 unspecified atom stereocenters. The summed E-state index contributed by atoms with van der Waals surface area (Å²) in [6.45, 7) is 0.270. The van der Waals surface area contributed by atoms with Crippen LogP contribution in [-0.2, 0) is 16.0 Å². The number of thiophene rings is 1. The van der Waals surface area contributed by atoms with Gasteiger partial charge in [-0.1, -0.05) is 12.1 Å². The van der Waals surface area contributed by atoms with Crippen LogP contribution in [-0.4, -0.2) is 32.2 Å². The Balaban J connectivity index is 1.91. The van der Waals surface area contributed by atoms with Gasteiger partial charge in [-0.25, -0.2) is 14.4 Å². The highest BCUT2D eigenvalue weighted by molar-refractivity contribution is 7.14. The molecule has 126 valence electrons. The Kier molecular flexibility index (Phi) is 5.91. The molecule has 0 saturated heterocycles. The Labute approximate surface area is 142 Å². The fourth-order valence-electron chi connectivity index (χ4n) is 1.88. The second-order valence-electron chi connectivity index (χ2n) is 4.65. The predicted molar refractivity (Wildman–Crippen MR) is 89.3 cm³/mol. The molecule has 0 aliphatic carbocycles. The van der Waals surface area contributed by atoms with Crippen molar-refractivity contribution in [2.24, 2.45) is 0 Å². The molecular weight excluding hydrogens is 332 g/mol. The fraction of sp³-hybridized carbons (Fsp3) is 0.188. The minimum Gasteiger partial charge on any atom is -0.465 e. The molecule has 2 amide bonds. The molecule has 0 radical (unpaired) electrons. The number of rotatable bonds is 5. The Bertz CT molecular complexity index is 739. The number of benzene rings is 1. The highest BCUT2D eigenvalue weighted by Crippen LogP contribution is 2.23. The number of nitrogens with one attached hydrogen (secondary N) is 2. The van der Waals surface area contributed by atoms with E-state index in [-0.39, 0.29) is 6.54 Å². The molecule has 0 fully saturated rings. The van der Waals surface area contributed by atoms with E-state index >= 15 is 0 Å². The lowest BCUT2D eigenvalue weighted by atomic mass is 10.1. The predicted octanol–water partition coefficient (Wildman–Crippen LogP) is 2.64. The molecule has 0 aliphatic heterocycles. The Morgan fingerprint density at radius 2 is 1.67 bits per heavy atom. The first-order valence-electron chi connectivity index (χ1n) is 6.93. The number of anilines is 1. The van der Waals surface area contributed by atoms with Gasteiger partial charge >= 0.3 is 18.0 Å². The van der Waals surface area contributed by atoms with Crippen LogP contribution in [0.15, 0.2) is 35.7 Å². The van der Waals surface area contributed by atoms with Gasteiger partial charge in [0.1, 0.15) is 5.00 Å². The van der Waals surface area contributed by atoms with Crippen molar-refractivity contribution in [3.05, 3.63) is 52.4 Å². The molecule has 1 aromatic heterocycles. The summed E-state index contributed by atoms with van der Waals surface area (Å²) >= 11 is 1.23. The zero-order valence-electron chi connectivity index (χ0n) is 13.1. The Hall–Kier alpha value is -2.87. The van der Waals surface area contributed by atoms with Crippen LogP contribution in [0.2, 0.25) is 0 Å². The number of carbonyl (C=O) groups excluding carboxylic acids is 3. The van der Waals surface area contributed by atoms with Crippen LogP contribution in [0.25, 0.3) is 0 Å². The van der Waals surface area contributed by atoms with Crippen molar-refractivity contribution in [2.75, 3.05) is 19.5 Å². The summed E-state index contributed by atoms with van der Waals surface area (Å²) in [6.07, 6.45) is 0. The summed E-state index contributed by atoms with van der Waals surface area (Å²) in [5, 5.41) is 7.39. The summed E-state index contributed by atoms with van der Waals surface area (Å²) < 4.78 is 9.26. The molecule has 0 atom stereocenters. The summed E-state index contributed by atoms with van der Waals surface area (Å²) in [5.41, 5.74) is 1.56. The highest BCUT2D eigenvalue weighted by atomic mass is 32.1. The second kappa shape index (κ2) is 8.11. The first-order chi connectivity index (χ1) is 11.5. The van der Waals surface area contributed by atoms with Gasteiger partial charge in [0.25, 0.3) is 0 Å². The zero-order valence-corrected chi connectivity index (χ0v) is 13.9. The van der Waals surface area contributed by atoms with E-state index in [1.807, 2.05) is 0 Å². The normalized spacial score (nSPS) is 9.92. The number of urea groups is 1. The highest BCUT2D eigenvalue weighted by Gasteiger charge is 2.15. The van der Waals surface area contributed by atoms with E-state index in [0.29, 0.717) is 16.1 Å². The van der Waals surface area contributed by atoms with Gasteiger partial charge in [-0.05, 0) is 29.1 Å². The van der Waals surface area contributed by atoms with Crippen molar-refractivity contribution in [3.63, 3.8) is 0 Å². The minimum atomic E-state index is -0.509. The molecule has 0 saturated carbocycles. The average Bonchev–Trinajstić information content (AvgIpc) is 3.07. The SMILES string of the molecule is COC(=O)c1ccc(CNC(=O)Nc2sccc2C(=O)OC)cc1. The van der Waals surface area contributed by atoms with Gasteiger partial charge < -0.3 is 14.8 Å². The summed E-state index contributed by atoms with van der Waals surface area (Å²) in [7, 11) is 2.59. The van der Waals surface area contributed by atoms with Gasteiger partial charge in [0.2, 0.25) is 0 Å². The van der Waals surface area contributed by atoms with E-state index < -0.39 is 18.0 Å². The third-order valence-electron chi connectivity index (χ3n) is 3.13. The number of carbonyl (C=O) groups is 3. The number of hydrogen-bond donors (Lipinski definition) is 2. The lowest BCUT2D eigenvalue weighted by Gasteiger charge is -2.08. The van der Waals surface area contributed by atoms with E-state index in [1.54, 1.807) is 35.7 Å². The van der Waals surface area contributed by atoms with Crippen molar-refractivity contribution < 1.29 is 23.9 Å². The van der Waals surface area contributed by atoms with Crippen LogP contribution in [0, 0.1) is 0 Å². The Morgan fingerprint density at radius 1 is 1.00 bits per heavy atom. The zero-order chi connectivity index (χ0) is 17.5. The maximum Gasteiger partial charge on any atom is 0.340 e. The van der Waals surface area contributed by atoms with Crippen LogP contribution < -0.4 is 10.6 Å². The van der Waals surface area contributed by atoms with Crippen molar-refractivity contribution in [1.29, 1.82) is 0 Å². The number of amides is 2. The maximum absolute atomic E-state index is 11.9.